The van der Waals surface area contributed by atoms with Gasteiger partial charge in [-0.15, -0.1) is 0 Å². The lowest BCUT2D eigenvalue weighted by molar-refractivity contribution is 0.597. The average molecular weight is 257 g/mol. The maximum Gasteiger partial charge on any atom is 0.110 e. The summed E-state index contributed by atoms with van der Waals surface area (Å²) in [5, 5.41) is 0. The molecule has 0 saturated heterocycles. The molecule has 3 nitrogen and oxygen atoms in total. The number of nitrogens with two attached hydrogens (primary N) is 1. The van der Waals surface area contributed by atoms with Crippen LogP contribution in [0.15, 0.2) is 30.6 Å². The van der Waals surface area contributed by atoms with Gasteiger partial charge in [0.1, 0.15) is 5.82 Å². The Hall–Kier alpha value is -1.61. The van der Waals surface area contributed by atoms with Crippen molar-refractivity contribution in [3.8, 4) is 0 Å². The molecule has 1 unspecified atom stereocenters. The Morgan fingerprint density at radius 3 is 2.53 bits per heavy atom. The van der Waals surface area contributed by atoms with Gasteiger partial charge in [-0.05, 0) is 25.8 Å². The number of nitrogens with zero attached hydrogens (tertiary/aromatic N) is 2. The van der Waals surface area contributed by atoms with E-state index in [1.54, 1.807) is 0 Å². The first-order valence-corrected chi connectivity index (χ1v) is 6.91. The van der Waals surface area contributed by atoms with Crippen molar-refractivity contribution in [1.29, 1.82) is 0 Å². The van der Waals surface area contributed by atoms with Gasteiger partial charge in [0, 0.05) is 31.4 Å². The van der Waals surface area contributed by atoms with Gasteiger partial charge < -0.3 is 10.3 Å². The first-order chi connectivity index (χ1) is 9.08. The van der Waals surface area contributed by atoms with Gasteiger partial charge in [-0.3, -0.25) is 0 Å². The standard InChI is InChI=1S/C16H23N3/c1-4-15(17)10-16-18-5-6-19(16)11-14-8-12(2)7-13(3)9-14/h5-9,15H,4,10-11,17H2,1-3H3. The second kappa shape index (κ2) is 6.02. The van der Waals surface area contributed by atoms with E-state index < -0.39 is 0 Å². The Balaban J connectivity index is 2.17. The maximum atomic E-state index is 6.02. The van der Waals surface area contributed by atoms with E-state index in [0.717, 1.165) is 25.2 Å². The van der Waals surface area contributed by atoms with Gasteiger partial charge in [0.05, 0.1) is 0 Å². The molecule has 0 bridgehead atoms. The van der Waals surface area contributed by atoms with Crippen LogP contribution in [0.25, 0.3) is 0 Å². The first-order valence-electron chi connectivity index (χ1n) is 6.91. The molecule has 0 aliphatic rings. The minimum Gasteiger partial charge on any atom is -0.330 e. The van der Waals surface area contributed by atoms with Gasteiger partial charge in [-0.1, -0.05) is 36.2 Å². The summed E-state index contributed by atoms with van der Waals surface area (Å²) in [5.74, 6) is 1.08. The first kappa shape index (κ1) is 13.8. The zero-order valence-corrected chi connectivity index (χ0v) is 12.1. The van der Waals surface area contributed by atoms with Crippen molar-refractivity contribution in [3.63, 3.8) is 0 Å². The van der Waals surface area contributed by atoms with Crippen LogP contribution in [-0.2, 0) is 13.0 Å². The molecule has 2 aromatic rings. The number of hydrogen-bond acceptors (Lipinski definition) is 2. The van der Waals surface area contributed by atoms with Crippen LogP contribution in [0.3, 0.4) is 0 Å². The molecule has 0 radical (unpaired) electrons. The molecule has 1 aromatic heterocycles. The number of aryl methyl sites for hydroxylation is 2. The van der Waals surface area contributed by atoms with Crippen LogP contribution in [0.2, 0.25) is 0 Å². The van der Waals surface area contributed by atoms with Crippen LogP contribution >= 0.6 is 0 Å². The molecule has 3 heteroatoms. The van der Waals surface area contributed by atoms with Gasteiger partial charge >= 0.3 is 0 Å². The van der Waals surface area contributed by atoms with E-state index >= 15 is 0 Å². The molecule has 1 heterocycles. The molecule has 0 amide bonds. The van der Waals surface area contributed by atoms with E-state index in [0.29, 0.717) is 0 Å². The Kier molecular flexibility index (Phi) is 4.38. The van der Waals surface area contributed by atoms with Gasteiger partial charge in [-0.2, -0.15) is 0 Å². The highest BCUT2D eigenvalue weighted by atomic mass is 15.1. The Labute approximate surface area is 115 Å². The lowest BCUT2D eigenvalue weighted by Crippen LogP contribution is -2.23. The summed E-state index contributed by atoms with van der Waals surface area (Å²) in [5.41, 5.74) is 9.96. The Bertz CT molecular complexity index is 522. The van der Waals surface area contributed by atoms with E-state index in [1.807, 2.05) is 12.4 Å². The van der Waals surface area contributed by atoms with Crippen molar-refractivity contribution in [2.24, 2.45) is 5.73 Å². The summed E-state index contributed by atoms with van der Waals surface area (Å²) in [6.07, 6.45) is 5.72. The molecule has 0 saturated carbocycles. The van der Waals surface area contributed by atoms with Crippen LogP contribution in [0, 0.1) is 13.8 Å². The van der Waals surface area contributed by atoms with E-state index in [9.17, 15) is 0 Å². The number of benzene rings is 1. The van der Waals surface area contributed by atoms with Crippen molar-refractivity contribution >= 4 is 0 Å². The Morgan fingerprint density at radius 1 is 1.21 bits per heavy atom. The quantitative estimate of drug-likeness (QED) is 0.895. The van der Waals surface area contributed by atoms with Crippen LogP contribution in [0.5, 0.6) is 0 Å². The van der Waals surface area contributed by atoms with Crippen molar-refractivity contribution in [1.82, 2.24) is 9.55 Å². The summed E-state index contributed by atoms with van der Waals surface area (Å²) in [6, 6.07) is 6.86. The van der Waals surface area contributed by atoms with Gasteiger partial charge in [0.15, 0.2) is 0 Å². The van der Waals surface area contributed by atoms with E-state index in [4.69, 9.17) is 5.73 Å². The van der Waals surface area contributed by atoms with Crippen molar-refractivity contribution in [2.75, 3.05) is 0 Å². The summed E-state index contributed by atoms with van der Waals surface area (Å²) in [4.78, 5) is 4.43. The number of imidazole rings is 1. The lowest BCUT2D eigenvalue weighted by atomic mass is 10.1. The molecule has 1 atom stereocenters. The fraction of sp³-hybridized carbons (Fsp3) is 0.438. The van der Waals surface area contributed by atoms with E-state index in [-0.39, 0.29) is 6.04 Å². The van der Waals surface area contributed by atoms with Crippen molar-refractivity contribution in [3.05, 3.63) is 53.1 Å². The molecular weight excluding hydrogens is 234 g/mol. The molecule has 0 aliphatic carbocycles. The number of aromatic nitrogens is 2. The van der Waals surface area contributed by atoms with Crippen LogP contribution in [-0.4, -0.2) is 15.6 Å². The van der Waals surface area contributed by atoms with Crippen molar-refractivity contribution in [2.45, 2.75) is 46.2 Å². The van der Waals surface area contributed by atoms with Gasteiger partial charge in [0.25, 0.3) is 0 Å². The van der Waals surface area contributed by atoms with Crippen LogP contribution in [0.4, 0.5) is 0 Å². The molecule has 19 heavy (non-hydrogen) atoms. The number of rotatable bonds is 5. The maximum absolute atomic E-state index is 6.02. The predicted octanol–water partition coefficient (Wildman–Crippen LogP) is 2.83. The molecule has 0 fully saturated rings. The SMILES string of the molecule is CCC(N)Cc1nccn1Cc1cc(C)cc(C)c1. The normalized spacial score (nSPS) is 12.6. The number of hydrogen-bond donors (Lipinski definition) is 1. The largest absolute Gasteiger partial charge is 0.330 e. The zero-order valence-electron chi connectivity index (χ0n) is 12.1. The van der Waals surface area contributed by atoms with Crippen LogP contribution in [0.1, 0.15) is 35.9 Å². The minimum atomic E-state index is 0.195. The molecular formula is C16H23N3. The Morgan fingerprint density at radius 2 is 1.89 bits per heavy atom. The minimum absolute atomic E-state index is 0.195. The smallest absolute Gasteiger partial charge is 0.110 e. The van der Waals surface area contributed by atoms with Gasteiger partial charge in [0.2, 0.25) is 0 Å². The molecule has 102 valence electrons. The van der Waals surface area contributed by atoms with Crippen LogP contribution < -0.4 is 5.73 Å². The fourth-order valence-corrected chi connectivity index (χ4v) is 2.41. The average Bonchev–Trinajstić information content (AvgIpc) is 2.75. The summed E-state index contributed by atoms with van der Waals surface area (Å²) < 4.78 is 2.20. The third-order valence-corrected chi connectivity index (χ3v) is 3.41. The molecule has 1 aromatic carbocycles. The second-order valence-corrected chi connectivity index (χ2v) is 5.34. The molecule has 0 aliphatic heterocycles. The van der Waals surface area contributed by atoms with Gasteiger partial charge in [-0.25, -0.2) is 4.98 Å². The summed E-state index contributed by atoms with van der Waals surface area (Å²) >= 11 is 0. The molecule has 0 spiro atoms. The predicted molar refractivity (Wildman–Crippen MR) is 79.2 cm³/mol. The summed E-state index contributed by atoms with van der Waals surface area (Å²) in [6.45, 7) is 7.26. The lowest BCUT2D eigenvalue weighted by Gasteiger charge is -2.12. The monoisotopic (exact) mass is 257 g/mol. The fourth-order valence-electron chi connectivity index (χ4n) is 2.41. The summed E-state index contributed by atoms with van der Waals surface area (Å²) in [7, 11) is 0. The zero-order chi connectivity index (χ0) is 13.8. The highest BCUT2D eigenvalue weighted by molar-refractivity contribution is 5.28. The highest BCUT2D eigenvalue weighted by Gasteiger charge is 2.08. The molecule has 2 N–H and O–H groups in total. The molecule has 2 rings (SSSR count). The topological polar surface area (TPSA) is 43.8 Å². The van der Waals surface area contributed by atoms with E-state index in [1.165, 1.54) is 16.7 Å². The van der Waals surface area contributed by atoms with Crippen molar-refractivity contribution < 1.29 is 0 Å². The highest BCUT2D eigenvalue weighted by Crippen LogP contribution is 2.12. The third-order valence-electron chi connectivity index (χ3n) is 3.41. The third kappa shape index (κ3) is 3.67. The second-order valence-electron chi connectivity index (χ2n) is 5.34. The van der Waals surface area contributed by atoms with E-state index in [2.05, 4.69) is 48.5 Å².